The van der Waals surface area contributed by atoms with Gasteiger partial charge in [-0.1, -0.05) is 0 Å². The van der Waals surface area contributed by atoms with Crippen LogP contribution < -0.4 is 5.32 Å². The van der Waals surface area contributed by atoms with Gasteiger partial charge in [-0.15, -0.1) is 24.8 Å². The summed E-state index contributed by atoms with van der Waals surface area (Å²) >= 11 is 0. The summed E-state index contributed by atoms with van der Waals surface area (Å²) in [6.45, 7) is 5.88. The van der Waals surface area contributed by atoms with E-state index in [0.29, 0.717) is 11.6 Å². The van der Waals surface area contributed by atoms with Gasteiger partial charge in [0.1, 0.15) is 0 Å². The zero-order chi connectivity index (χ0) is 16.4. The Kier molecular flexibility index (Phi) is 7.86. The van der Waals surface area contributed by atoms with Crippen LogP contribution in [0.3, 0.4) is 0 Å². The van der Waals surface area contributed by atoms with Crippen LogP contribution in [0.1, 0.15) is 34.6 Å². The minimum Gasteiger partial charge on any atom is -0.339 e. The molecule has 3 rings (SSSR count). The topological polar surface area (TPSA) is 63.1 Å². The first-order chi connectivity index (χ1) is 11.1. The van der Waals surface area contributed by atoms with Crippen molar-refractivity contribution in [3.8, 4) is 5.82 Å². The Morgan fingerprint density at radius 1 is 1.24 bits per heavy atom. The number of aromatic nitrogens is 3. The van der Waals surface area contributed by atoms with Gasteiger partial charge < -0.3 is 10.2 Å². The average Bonchev–Trinajstić information content (AvgIpc) is 2.93. The molecule has 1 fully saturated rings. The van der Waals surface area contributed by atoms with Gasteiger partial charge in [-0.2, -0.15) is 5.10 Å². The van der Waals surface area contributed by atoms with Crippen molar-refractivity contribution in [2.24, 2.45) is 0 Å². The van der Waals surface area contributed by atoms with Crippen molar-refractivity contribution >= 4 is 30.7 Å². The number of carbonyl (C=O) groups excluding carboxylic acids is 1. The Labute approximate surface area is 160 Å². The predicted molar refractivity (Wildman–Crippen MR) is 103 cm³/mol. The van der Waals surface area contributed by atoms with Crippen LogP contribution in [0.15, 0.2) is 24.4 Å². The maximum Gasteiger partial charge on any atom is 0.255 e. The molecule has 1 amide bonds. The quantitative estimate of drug-likeness (QED) is 0.881. The fourth-order valence-electron chi connectivity index (χ4n) is 3.06. The minimum absolute atomic E-state index is 0. The zero-order valence-corrected chi connectivity index (χ0v) is 16.4. The summed E-state index contributed by atoms with van der Waals surface area (Å²) in [5.74, 6) is 0.765. The highest BCUT2D eigenvalue weighted by Gasteiger charge is 2.23. The molecule has 0 radical (unpaired) electrons. The van der Waals surface area contributed by atoms with Crippen LogP contribution in [-0.2, 0) is 0 Å². The number of carbonyl (C=O) groups is 1. The zero-order valence-electron chi connectivity index (χ0n) is 14.7. The molecular weight excluding hydrogens is 361 g/mol. The Balaban J connectivity index is 0.00000156. The van der Waals surface area contributed by atoms with Gasteiger partial charge in [-0.25, -0.2) is 9.67 Å². The predicted octanol–water partition coefficient (Wildman–Crippen LogP) is 2.55. The number of hydrogen-bond acceptors (Lipinski definition) is 4. The van der Waals surface area contributed by atoms with Crippen LogP contribution in [-0.4, -0.2) is 51.8 Å². The summed E-state index contributed by atoms with van der Waals surface area (Å²) in [7, 11) is 1.88. The molecule has 0 aromatic carbocycles. The number of aryl methyl sites for hydroxylation is 2. The molecular formula is C17H25Cl2N5O. The van der Waals surface area contributed by atoms with Gasteiger partial charge >= 0.3 is 0 Å². The van der Waals surface area contributed by atoms with Crippen molar-refractivity contribution in [1.29, 1.82) is 0 Å². The van der Waals surface area contributed by atoms with Gasteiger partial charge in [0.25, 0.3) is 5.91 Å². The van der Waals surface area contributed by atoms with Crippen molar-refractivity contribution in [3.63, 3.8) is 0 Å². The van der Waals surface area contributed by atoms with Crippen LogP contribution in [0.2, 0.25) is 0 Å². The summed E-state index contributed by atoms with van der Waals surface area (Å²) < 4.78 is 1.79. The third-order valence-electron chi connectivity index (χ3n) is 4.40. The first-order valence-corrected chi connectivity index (χ1v) is 8.04. The van der Waals surface area contributed by atoms with Gasteiger partial charge in [0, 0.05) is 25.0 Å². The number of pyridine rings is 1. The van der Waals surface area contributed by atoms with Crippen LogP contribution in [0.4, 0.5) is 0 Å². The summed E-state index contributed by atoms with van der Waals surface area (Å²) in [5, 5.41) is 7.74. The smallest absolute Gasteiger partial charge is 0.255 e. The van der Waals surface area contributed by atoms with Crippen LogP contribution in [0.5, 0.6) is 0 Å². The highest BCUT2D eigenvalue weighted by molar-refractivity contribution is 5.94. The number of halogens is 2. The van der Waals surface area contributed by atoms with Crippen molar-refractivity contribution in [1.82, 2.24) is 25.0 Å². The van der Waals surface area contributed by atoms with E-state index in [-0.39, 0.29) is 30.7 Å². The number of hydrogen-bond donors (Lipinski definition) is 1. The third kappa shape index (κ3) is 4.71. The lowest BCUT2D eigenvalue weighted by Gasteiger charge is -2.31. The van der Waals surface area contributed by atoms with Crippen molar-refractivity contribution in [2.45, 2.75) is 32.7 Å². The molecule has 6 nitrogen and oxygen atoms in total. The molecule has 1 N–H and O–H groups in total. The molecule has 2 aromatic heterocycles. The Hall–Kier alpha value is -1.63. The highest BCUT2D eigenvalue weighted by Crippen LogP contribution is 2.15. The molecule has 0 bridgehead atoms. The molecule has 1 aliphatic heterocycles. The standard InChI is InChI=1S/C17H23N5O.2ClH/c1-12-10-13(2)22(20-12)16-5-4-14(11-19-16)17(23)21(3)15-6-8-18-9-7-15;;/h4-5,10-11,15,18H,6-9H2,1-3H3;2*1H. The van der Waals surface area contributed by atoms with Gasteiger partial charge in [0.05, 0.1) is 11.3 Å². The van der Waals surface area contributed by atoms with Gasteiger partial charge in [0.15, 0.2) is 5.82 Å². The molecule has 1 aliphatic rings. The fourth-order valence-corrected chi connectivity index (χ4v) is 3.06. The molecule has 3 heterocycles. The normalized spacial score (nSPS) is 14.4. The summed E-state index contributed by atoms with van der Waals surface area (Å²) in [6, 6.07) is 5.99. The number of nitrogens with one attached hydrogen (secondary N) is 1. The highest BCUT2D eigenvalue weighted by atomic mass is 35.5. The van der Waals surface area contributed by atoms with E-state index in [1.54, 1.807) is 10.9 Å². The number of amides is 1. The Bertz CT molecular complexity index is 696. The van der Waals surface area contributed by atoms with Gasteiger partial charge in [0.2, 0.25) is 0 Å². The van der Waals surface area contributed by atoms with Crippen molar-refractivity contribution < 1.29 is 4.79 Å². The van der Waals surface area contributed by atoms with E-state index < -0.39 is 0 Å². The van der Waals surface area contributed by atoms with E-state index in [0.717, 1.165) is 43.1 Å². The maximum absolute atomic E-state index is 12.6. The molecule has 8 heteroatoms. The summed E-state index contributed by atoms with van der Waals surface area (Å²) in [5.41, 5.74) is 2.60. The maximum atomic E-state index is 12.6. The largest absolute Gasteiger partial charge is 0.339 e. The number of rotatable bonds is 3. The van der Waals surface area contributed by atoms with Crippen LogP contribution in [0.25, 0.3) is 5.82 Å². The van der Waals surface area contributed by atoms with Gasteiger partial charge in [-0.05, 0) is 58.0 Å². The minimum atomic E-state index is 0. The molecule has 0 aliphatic carbocycles. The summed E-state index contributed by atoms with van der Waals surface area (Å²) in [6.07, 6.45) is 3.64. The number of nitrogens with zero attached hydrogens (tertiary/aromatic N) is 4. The van der Waals surface area contributed by atoms with E-state index in [1.165, 1.54) is 0 Å². The second-order valence-corrected chi connectivity index (χ2v) is 6.14. The van der Waals surface area contributed by atoms with E-state index in [2.05, 4.69) is 15.4 Å². The number of piperidine rings is 1. The monoisotopic (exact) mass is 385 g/mol. The molecule has 0 atom stereocenters. The molecule has 2 aromatic rings. The molecule has 0 saturated carbocycles. The lowest BCUT2D eigenvalue weighted by molar-refractivity contribution is 0.0703. The van der Waals surface area contributed by atoms with Crippen LogP contribution in [0, 0.1) is 13.8 Å². The van der Waals surface area contributed by atoms with E-state index >= 15 is 0 Å². The van der Waals surface area contributed by atoms with E-state index in [4.69, 9.17) is 0 Å². The molecule has 0 unspecified atom stereocenters. The second-order valence-electron chi connectivity index (χ2n) is 6.14. The Morgan fingerprint density at radius 2 is 1.92 bits per heavy atom. The second kappa shape index (κ2) is 9.17. The van der Waals surface area contributed by atoms with E-state index in [9.17, 15) is 4.79 Å². The molecule has 25 heavy (non-hydrogen) atoms. The SMILES string of the molecule is Cc1cc(C)n(-c2ccc(C(=O)N(C)C3CCNCC3)cn2)n1.Cl.Cl. The average molecular weight is 386 g/mol. The van der Waals surface area contributed by atoms with Crippen molar-refractivity contribution in [3.05, 3.63) is 41.3 Å². The third-order valence-corrected chi connectivity index (χ3v) is 4.40. The lowest BCUT2D eigenvalue weighted by atomic mass is 10.0. The fraction of sp³-hybridized carbons (Fsp3) is 0.471. The lowest BCUT2D eigenvalue weighted by Crippen LogP contribution is -2.44. The van der Waals surface area contributed by atoms with Crippen LogP contribution >= 0.6 is 24.8 Å². The van der Waals surface area contributed by atoms with Crippen molar-refractivity contribution in [2.75, 3.05) is 20.1 Å². The summed E-state index contributed by atoms with van der Waals surface area (Å²) in [4.78, 5) is 18.9. The molecule has 1 saturated heterocycles. The first-order valence-electron chi connectivity index (χ1n) is 8.04. The first kappa shape index (κ1) is 21.4. The van der Waals surface area contributed by atoms with Gasteiger partial charge in [-0.3, -0.25) is 4.79 Å². The molecule has 0 spiro atoms. The van der Waals surface area contributed by atoms with E-state index in [1.807, 2.05) is 44.0 Å². The Morgan fingerprint density at radius 3 is 2.44 bits per heavy atom. The molecule has 138 valence electrons.